The first-order chi connectivity index (χ1) is 12.6. The smallest absolute Gasteiger partial charge is 0.242 e. The molecule has 1 N–H and O–H groups in total. The van der Waals surface area contributed by atoms with Crippen LogP contribution in [0.15, 0.2) is 42.5 Å². The minimum Gasteiger partial charge on any atom is -0.495 e. The fourth-order valence-electron chi connectivity index (χ4n) is 2.51. The quantitative estimate of drug-likeness (QED) is 0.734. The number of hydrogen-bond donors (Lipinski definition) is 1. The van der Waals surface area contributed by atoms with E-state index in [-0.39, 0.29) is 5.75 Å². The summed E-state index contributed by atoms with van der Waals surface area (Å²) in [5, 5.41) is 1.73. The maximum absolute atomic E-state index is 12.6. The molecule has 0 heterocycles. The molecule has 0 bridgehead atoms. The second-order valence-electron chi connectivity index (χ2n) is 6.68. The van der Waals surface area contributed by atoms with Gasteiger partial charge >= 0.3 is 0 Å². The van der Waals surface area contributed by atoms with Gasteiger partial charge in [-0.05, 0) is 42.2 Å². The lowest BCUT2D eigenvalue weighted by atomic mass is 10.0. The molecule has 1 atom stereocenters. The van der Waals surface area contributed by atoms with Crippen molar-refractivity contribution in [3.05, 3.63) is 58.6 Å². The third kappa shape index (κ3) is 5.47. The van der Waals surface area contributed by atoms with Gasteiger partial charge in [-0.3, -0.25) is 4.79 Å². The lowest BCUT2D eigenvalue weighted by molar-refractivity contribution is -0.115. The Bertz CT molecular complexity index is 908. The Morgan fingerprint density at radius 1 is 1.11 bits per heavy atom. The van der Waals surface area contributed by atoms with Crippen molar-refractivity contribution < 1.29 is 17.9 Å². The third-order valence-electron chi connectivity index (χ3n) is 4.34. The van der Waals surface area contributed by atoms with Crippen molar-refractivity contribution in [2.75, 3.05) is 12.4 Å². The number of nitrogens with one attached hydrogen (secondary N) is 1. The molecule has 0 aromatic heterocycles. The first kappa shape index (κ1) is 21.3. The summed E-state index contributed by atoms with van der Waals surface area (Å²) in [7, 11) is -2.17. The fourth-order valence-corrected chi connectivity index (χ4v) is 4.06. The van der Waals surface area contributed by atoms with Crippen molar-refractivity contribution >= 4 is 33.0 Å². The van der Waals surface area contributed by atoms with Gasteiger partial charge < -0.3 is 10.1 Å². The van der Waals surface area contributed by atoms with Gasteiger partial charge in [-0.1, -0.05) is 49.7 Å². The average Bonchev–Trinajstić information content (AvgIpc) is 2.61. The van der Waals surface area contributed by atoms with Gasteiger partial charge in [0.1, 0.15) is 11.0 Å². The molecule has 7 heteroatoms. The van der Waals surface area contributed by atoms with Gasteiger partial charge in [0.05, 0.1) is 17.9 Å². The van der Waals surface area contributed by atoms with Gasteiger partial charge in [0.15, 0.2) is 9.84 Å². The Kier molecular flexibility index (Phi) is 6.89. The molecule has 0 aliphatic carbocycles. The van der Waals surface area contributed by atoms with Crippen LogP contribution in [0.2, 0.25) is 5.02 Å². The van der Waals surface area contributed by atoms with Crippen LogP contribution < -0.4 is 10.1 Å². The lowest BCUT2D eigenvalue weighted by Crippen LogP contribution is -2.33. The van der Waals surface area contributed by atoms with Crippen LogP contribution in [0.25, 0.3) is 0 Å². The molecular formula is C20H24ClNO4S. The van der Waals surface area contributed by atoms with E-state index in [9.17, 15) is 13.2 Å². The van der Waals surface area contributed by atoms with Gasteiger partial charge in [0, 0.05) is 5.69 Å². The standard InChI is InChI=1S/C20H24ClNO4S/c1-13(2)16-7-5-15(6-8-16)12-27(24,25)14(3)20(23)22-17-9-10-19(26-4)18(21)11-17/h5-11,13-14H,12H2,1-4H3,(H,22,23). The topological polar surface area (TPSA) is 72.5 Å². The van der Waals surface area contributed by atoms with Crippen molar-refractivity contribution in [3.8, 4) is 5.75 Å². The van der Waals surface area contributed by atoms with E-state index in [1.807, 2.05) is 12.1 Å². The minimum absolute atomic E-state index is 0.191. The van der Waals surface area contributed by atoms with E-state index in [2.05, 4.69) is 19.2 Å². The van der Waals surface area contributed by atoms with Gasteiger partial charge in [0.25, 0.3) is 0 Å². The highest BCUT2D eigenvalue weighted by atomic mass is 35.5. The molecule has 0 spiro atoms. The van der Waals surface area contributed by atoms with Crippen LogP contribution in [-0.4, -0.2) is 26.7 Å². The number of anilines is 1. The average molecular weight is 410 g/mol. The summed E-state index contributed by atoms with van der Waals surface area (Å²) in [5.41, 5.74) is 2.21. The molecule has 2 aromatic carbocycles. The van der Waals surface area contributed by atoms with E-state index in [0.717, 1.165) is 5.56 Å². The number of carbonyl (C=O) groups excluding carboxylic acids is 1. The maximum Gasteiger partial charge on any atom is 0.242 e. The highest BCUT2D eigenvalue weighted by Crippen LogP contribution is 2.27. The predicted octanol–water partition coefficient (Wildman–Crippen LogP) is 4.41. The zero-order chi connectivity index (χ0) is 20.2. The minimum atomic E-state index is -3.66. The number of carbonyl (C=O) groups is 1. The molecule has 2 rings (SSSR count). The zero-order valence-electron chi connectivity index (χ0n) is 15.8. The molecule has 0 radical (unpaired) electrons. The monoisotopic (exact) mass is 409 g/mol. The zero-order valence-corrected chi connectivity index (χ0v) is 17.4. The molecule has 146 valence electrons. The Balaban J connectivity index is 2.08. The summed E-state index contributed by atoms with van der Waals surface area (Å²) in [6.45, 7) is 5.53. The molecule has 0 aliphatic heterocycles. The van der Waals surface area contributed by atoms with Crippen LogP contribution in [0, 0.1) is 0 Å². The second kappa shape index (κ2) is 8.76. The van der Waals surface area contributed by atoms with Gasteiger partial charge in [-0.2, -0.15) is 0 Å². The summed E-state index contributed by atoms with van der Waals surface area (Å²) in [4.78, 5) is 12.4. The highest BCUT2D eigenvalue weighted by Gasteiger charge is 2.28. The SMILES string of the molecule is COc1ccc(NC(=O)C(C)S(=O)(=O)Cc2ccc(C(C)C)cc2)cc1Cl. The molecular weight excluding hydrogens is 386 g/mol. The van der Waals surface area contributed by atoms with E-state index in [1.165, 1.54) is 20.1 Å². The van der Waals surface area contributed by atoms with Crippen LogP contribution >= 0.6 is 11.6 Å². The predicted molar refractivity (Wildman–Crippen MR) is 109 cm³/mol. The fraction of sp³-hybridized carbons (Fsp3) is 0.350. The largest absolute Gasteiger partial charge is 0.495 e. The first-order valence-electron chi connectivity index (χ1n) is 8.59. The Labute approximate surface area is 165 Å². The normalized spacial score (nSPS) is 12.7. The Morgan fingerprint density at radius 2 is 1.74 bits per heavy atom. The molecule has 1 amide bonds. The van der Waals surface area contributed by atoms with E-state index in [1.54, 1.807) is 24.3 Å². The van der Waals surface area contributed by atoms with E-state index < -0.39 is 21.0 Å². The summed E-state index contributed by atoms with van der Waals surface area (Å²) in [5.74, 6) is 0.0514. The summed E-state index contributed by atoms with van der Waals surface area (Å²) in [6, 6.07) is 12.1. The first-order valence-corrected chi connectivity index (χ1v) is 10.7. The number of methoxy groups -OCH3 is 1. The lowest BCUT2D eigenvalue weighted by Gasteiger charge is -2.14. The summed E-state index contributed by atoms with van der Waals surface area (Å²) < 4.78 is 30.3. The number of rotatable bonds is 7. The molecule has 27 heavy (non-hydrogen) atoms. The van der Waals surface area contributed by atoms with E-state index in [0.29, 0.717) is 27.9 Å². The van der Waals surface area contributed by atoms with Crippen LogP contribution in [0.3, 0.4) is 0 Å². The number of hydrogen-bond acceptors (Lipinski definition) is 4. The van der Waals surface area contributed by atoms with Gasteiger partial charge in [-0.25, -0.2) is 8.42 Å². The molecule has 0 aliphatic rings. The van der Waals surface area contributed by atoms with Crippen LogP contribution in [0.5, 0.6) is 5.75 Å². The molecule has 5 nitrogen and oxygen atoms in total. The van der Waals surface area contributed by atoms with Crippen molar-refractivity contribution in [1.82, 2.24) is 0 Å². The van der Waals surface area contributed by atoms with Gasteiger partial charge in [0.2, 0.25) is 5.91 Å². The third-order valence-corrected chi connectivity index (χ3v) is 6.66. The number of halogens is 1. The van der Waals surface area contributed by atoms with Crippen molar-refractivity contribution in [2.45, 2.75) is 37.7 Å². The second-order valence-corrected chi connectivity index (χ2v) is 9.41. The van der Waals surface area contributed by atoms with Crippen LogP contribution in [-0.2, 0) is 20.4 Å². The Morgan fingerprint density at radius 3 is 2.26 bits per heavy atom. The van der Waals surface area contributed by atoms with Crippen molar-refractivity contribution in [3.63, 3.8) is 0 Å². The van der Waals surface area contributed by atoms with E-state index >= 15 is 0 Å². The number of sulfone groups is 1. The number of benzene rings is 2. The Hall–Kier alpha value is -2.05. The summed E-state index contributed by atoms with van der Waals surface area (Å²) >= 11 is 6.03. The van der Waals surface area contributed by atoms with Crippen LogP contribution in [0.4, 0.5) is 5.69 Å². The number of amides is 1. The van der Waals surface area contributed by atoms with Crippen molar-refractivity contribution in [2.24, 2.45) is 0 Å². The molecule has 1 unspecified atom stereocenters. The maximum atomic E-state index is 12.6. The van der Waals surface area contributed by atoms with Crippen molar-refractivity contribution in [1.29, 1.82) is 0 Å². The number of ether oxygens (including phenoxy) is 1. The molecule has 0 saturated heterocycles. The highest BCUT2D eigenvalue weighted by molar-refractivity contribution is 7.92. The van der Waals surface area contributed by atoms with E-state index in [4.69, 9.17) is 16.3 Å². The van der Waals surface area contributed by atoms with Crippen LogP contribution in [0.1, 0.15) is 37.8 Å². The molecule has 0 saturated carbocycles. The van der Waals surface area contributed by atoms with Gasteiger partial charge in [-0.15, -0.1) is 0 Å². The summed E-state index contributed by atoms with van der Waals surface area (Å²) in [6.07, 6.45) is 0. The molecule has 0 fully saturated rings. The molecule has 2 aromatic rings.